The van der Waals surface area contributed by atoms with Gasteiger partial charge in [-0.15, -0.1) is 0 Å². The summed E-state index contributed by atoms with van der Waals surface area (Å²) in [6, 6.07) is 16.8. The number of nitrogen functional groups attached to an aromatic ring is 1. The van der Waals surface area contributed by atoms with Gasteiger partial charge in [-0.05, 0) is 41.0 Å². The van der Waals surface area contributed by atoms with Gasteiger partial charge >= 0.3 is 6.18 Å². The van der Waals surface area contributed by atoms with Crippen LogP contribution in [0.1, 0.15) is 33.7 Å². The van der Waals surface area contributed by atoms with Crippen molar-refractivity contribution in [1.82, 2.24) is 14.4 Å². The van der Waals surface area contributed by atoms with Crippen molar-refractivity contribution in [3.8, 4) is 0 Å². The van der Waals surface area contributed by atoms with Crippen LogP contribution in [0, 0.1) is 6.92 Å². The third kappa shape index (κ3) is 3.83. The van der Waals surface area contributed by atoms with Crippen molar-refractivity contribution >= 4 is 32.6 Å². The number of nitrogens with zero attached hydrogens (tertiary/aromatic N) is 2. The van der Waals surface area contributed by atoms with Gasteiger partial charge in [0.15, 0.2) is 10.9 Å². The maximum absolute atomic E-state index is 13.3. The summed E-state index contributed by atoms with van der Waals surface area (Å²) >= 11 is 0.991. The molecule has 5 rings (SSSR count). The van der Waals surface area contributed by atoms with E-state index in [4.69, 9.17) is 5.84 Å². The van der Waals surface area contributed by atoms with Gasteiger partial charge in [0, 0.05) is 0 Å². The number of benzene rings is 3. The van der Waals surface area contributed by atoms with E-state index in [9.17, 15) is 21.6 Å². The fraction of sp³-hybridized carbons (Fsp3) is 0.174. The van der Waals surface area contributed by atoms with Crippen molar-refractivity contribution < 1.29 is 21.6 Å². The summed E-state index contributed by atoms with van der Waals surface area (Å²) in [6.45, 7) is 1.86. The quantitative estimate of drug-likeness (QED) is 0.376. The molecule has 34 heavy (non-hydrogen) atoms. The van der Waals surface area contributed by atoms with Crippen LogP contribution in [-0.4, -0.2) is 18.1 Å². The zero-order chi connectivity index (χ0) is 24.3. The molecule has 0 fully saturated rings. The van der Waals surface area contributed by atoms with E-state index in [1.807, 2.05) is 43.3 Å². The van der Waals surface area contributed by atoms with Crippen LogP contribution in [0.3, 0.4) is 0 Å². The third-order valence-electron chi connectivity index (χ3n) is 5.81. The monoisotopic (exact) mass is 504 g/mol. The molecule has 0 bridgehead atoms. The number of aromatic nitrogens is 2. The fourth-order valence-corrected chi connectivity index (χ4v) is 6.74. The van der Waals surface area contributed by atoms with Crippen LogP contribution in [0.25, 0.3) is 10.8 Å². The summed E-state index contributed by atoms with van der Waals surface area (Å²) in [7, 11) is -3.93. The zero-order valence-corrected chi connectivity index (χ0v) is 19.4. The van der Waals surface area contributed by atoms with Crippen molar-refractivity contribution in [2.75, 3.05) is 5.84 Å². The molecule has 0 spiro atoms. The molecule has 0 saturated heterocycles. The zero-order valence-electron chi connectivity index (χ0n) is 17.7. The lowest BCUT2D eigenvalue weighted by Gasteiger charge is -2.22. The lowest BCUT2D eigenvalue weighted by atomic mass is 10.1. The molecule has 0 radical (unpaired) electrons. The maximum atomic E-state index is 13.3. The molecule has 1 aliphatic rings. The number of imidazole rings is 1. The van der Waals surface area contributed by atoms with Crippen molar-refractivity contribution in [3.05, 3.63) is 89.2 Å². The predicted octanol–water partition coefficient (Wildman–Crippen LogP) is 4.94. The number of halogens is 3. The van der Waals surface area contributed by atoms with Crippen LogP contribution in [-0.2, 0) is 16.2 Å². The Morgan fingerprint density at radius 3 is 2.29 bits per heavy atom. The normalized spacial score (nSPS) is 18.0. The smallest absolute Gasteiger partial charge is 0.337 e. The SMILES string of the molecule is Cc1ccc(S(=O)(=O)N[C@@H]2c3cccc4cccc(c34)[C@H]2Sc2ncc(C(F)(F)F)n2N)cc1. The molecular weight excluding hydrogens is 485 g/mol. The summed E-state index contributed by atoms with van der Waals surface area (Å²) in [4.78, 5) is 3.98. The summed E-state index contributed by atoms with van der Waals surface area (Å²) in [6.07, 6.45) is -3.98. The number of nitrogens with one attached hydrogen (secondary N) is 1. The van der Waals surface area contributed by atoms with Crippen LogP contribution < -0.4 is 10.6 Å². The number of nitrogens with two attached hydrogens (primary N) is 1. The van der Waals surface area contributed by atoms with E-state index < -0.39 is 33.2 Å². The van der Waals surface area contributed by atoms with Gasteiger partial charge in [0.2, 0.25) is 10.0 Å². The molecule has 0 unspecified atom stereocenters. The Kier molecular flexibility index (Phi) is 5.38. The first kappa shape index (κ1) is 22.8. The van der Waals surface area contributed by atoms with Gasteiger partial charge in [-0.3, -0.25) is 0 Å². The van der Waals surface area contributed by atoms with Gasteiger partial charge < -0.3 is 5.84 Å². The van der Waals surface area contributed by atoms with Gasteiger partial charge in [-0.2, -0.15) is 13.2 Å². The molecule has 2 atom stereocenters. The van der Waals surface area contributed by atoms with Crippen molar-refractivity contribution in [2.45, 2.75) is 34.4 Å². The Hall–Kier alpha value is -3.02. The Labute approximate surface area is 198 Å². The number of aryl methyl sites for hydroxylation is 1. The Bertz CT molecular complexity index is 1490. The second kappa shape index (κ2) is 8.03. The molecule has 1 aromatic heterocycles. The first-order valence-electron chi connectivity index (χ1n) is 10.2. The largest absolute Gasteiger partial charge is 0.434 e. The molecular formula is C23H19F3N4O2S2. The summed E-state index contributed by atoms with van der Waals surface area (Å²) < 4.78 is 69.5. The lowest BCUT2D eigenvalue weighted by Crippen LogP contribution is -2.30. The molecule has 3 aromatic carbocycles. The molecule has 0 saturated carbocycles. The molecule has 11 heteroatoms. The topological polar surface area (TPSA) is 90.0 Å². The number of hydrogen-bond acceptors (Lipinski definition) is 5. The highest BCUT2D eigenvalue weighted by Gasteiger charge is 2.40. The van der Waals surface area contributed by atoms with Crippen molar-refractivity contribution in [1.29, 1.82) is 0 Å². The highest BCUT2D eigenvalue weighted by molar-refractivity contribution is 7.99. The second-order valence-electron chi connectivity index (χ2n) is 8.04. The van der Waals surface area contributed by atoms with E-state index >= 15 is 0 Å². The average Bonchev–Trinajstić information content (AvgIpc) is 3.29. The fourth-order valence-electron chi connectivity index (χ4n) is 4.20. The van der Waals surface area contributed by atoms with Gasteiger partial charge in [0.05, 0.1) is 22.4 Å². The molecule has 0 amide bonds. The van der Waals surface area contributed by atoms with Crippen LogP contribution in [0.4, 0.5) is 13.2 Å². The van der Waals surface area contributed by atoms with Crippen LogP contribution >= 0.6 is 11.8 Å². The average molecular weight is 505 g/mol. The van der Waals surface area contributed by atoms with E-state index in [2.05, 4.69) is 9.71 Å². The van der Waals surface area contributed by atoms with E-state index in [1.165, 1.54) is 12.1 Å². The number of thioether (sulfide) groups is 1. The maximum Gasteiger partial charge on any atom is 0.434 e. The first-order valence-corrected chi connectivity index (χ1v) is 12.6. The molecule has 1 heterocycles. The van der Waals surface area contributed by atoms with Gasteiger partial charge in [0.1, 0.15) is 0 Å². The highest BCUT2D eigenvalue weighted by Crippen LogP contribution is 2.53. The van der Waals surface area contributed by atoms with E-state index in [1.54, 1.807) is 12.1 Å². The van der Waals surface area contributed by atoms with Crippen LogP contribution in [0.15, 0.2) is 76.9 Å². The molecule has 176 valence electrons. The standard InChI is InChI=1S/C23H19F3N4O2S2/c1-13-8-10-15(11-9-13)34(31,32)29-20-16-6-2-4-14-5-3-7-17(19(14)16)21(20)33-22-28-12-18(30(22)27)23(24,25)26/h2-12,20-21,29H,27H2,1H3/t20-,21-/m1/s1. The van der Waals surface area contributed by atoms with Crippen molar-refractivity contribution in [3.63, 3.8) is 0 Å². The molecule has 1 aliphatic carbocycles. The van der Waals surface area contributed by atoms with E-state index in [0.29, 0.717) is 10.9 Å². The summed E-state index contributed by atoms with van der Waals surface area (Å²) in [5.41, 5.74) is 1.37. The van der Waals surface area contributed by atoms with Crippen molar-refractivity contribution in [2.24, 2.45) is 0 Å². The molecule has 0 aliphatic heterocycles. The predicted molar refractivity (Wildman–Crippen MR) is 124 cm³/mol. The lowest BCUT2D eigenvalue weighted by molar-refractivity contribution is -0.143. The molecule has 6 nitrogen and oxygen atoms in total. The number of alkyl halides is 3. The first-order chi connectivity index (χ1) is 16.1. The summed E-state index contributed by atoms with van der Waals surface area (Å²) in [5.74, 6) is 5.72. The molecule has 3 N–H and O–H groups in total. The minimum atomic E-state index is -4.66. The number of rotatable bonds is 5. The highest BCUT2D eigenvalue weighted by atomic mass is 32.2. The minimum Gasteiger partial charge on any atom is -0.337 e. The van der Waals surface area contributed by atoms with E-state index in [-0.39, 0.29) is 10.1 Å². The summed E-state index contributed by atoms with van der Waals surface area (Å²) in [5, 5.41) is 1.11. The van der Waals surface area contributed by atoms with Gasteiger partial charge in [-0.25, -0.2) is 22.8 Å². The van der Waals surface area contributed by atoms with Crippen LogP contribution in [0.5, 0.6) is 0 Å². The van der Waals surface area contributed by atoms with E-state index in [0.717, 1.165) is 39.2 Å². The van der Waals surface area contributed by atoms with Crippen LogP contribution in [0.2, 0.25) is 0 Å². The van der Waals surface area contributed by atoms with Gasteiger partial charge in [-0.1, -0.05) is 65.9 Å². The Balaban J connectivity index is 1.59. The minimum absolute atomic E-state index is 0.0679. The number of sulfonamides is 1. The van der Waals surface area contributed by atoms with Gasteiger partial charge in [0.25, 0.3) is 0 Å². The molecule has 4 aromatic rings. The second-order valence-corrected chi connectivity index (χ2v) is 10.9. The number of hydrogen-bond donors (Lipinski definition) is 2. The third-order valence-corrected chi connectivity index (χ3v) is 8.56. The Morgan fingerprint density at radius 1 is 1.03 bits per heavy atom. The Morgan fingerprint density at radius 2 is 1.68 bits per heavy atom.